The summed E-state index contributed by atoms with van der Waals surface area (Å²) in [6, 6.07) is 0. The second kappa shape index (κ2) is 4.48. The topological polar surface area (TPSA) is 80.3 Å². The van der Waals surface area contributed by atoms with Crippen LogP contribution < -0.4 is 18.9 Å². The molecule has 1 aromatic rings. The number of Topliss-reactive ketones (excluding diaryl/α,β-unsaturated/α-hetero) is 2. The van der Waals surface area contributed by atoms with E-state index >= 15 is 0 Å². The van der Waals surface area contributed by atoms with Crippen LogP contribution in [-0.2, 0) is 4.74 Å². The van der Waals surface area contributed by atoms with E-state index in [1.807, 2.05) is 0 Å². The molecule has 2 aliphatic heterocycles. The van der Waals surface area contributed by atoms with Crippen molar-refractivity contribution < 1.29 is 33.3 Å². The van der Waals surface area contributed by atoms with Crippen LogP contribution in [0, 0.1) is 0 Å². The lowest BCUT2D eigenvalue weighted by Crippen LogP contribution is -2.23. The minimum atomic E-state index is -0.296. The first-order valence-corrected chi connectivity index (χ1v) is 6.65. The van der Waals surface area contributed by atoms with Gasteiger partial charge in [-0.15, -0.1) is 0 Å². The van der Waals surface area contributed by atoms with Crippen molar-refractivity contribution in [1.82, 2.24) is 0 Å². The van der Waals surface area contributed by atoms with Crippen LogP contribution in [0.2, 0.25) is 0 Å². The van der Waals surface area contributed by atoms with Crippen LogP contribution in [0.5, 0.6) is 23.0 Å². The molecule has 0 saturated heterocycles. The standard InChI is InChI=1S/C15H12O7/c1-18-12-8-9(13(19-2)15-14(12)21-5-22-15)11(17)7-4-20-3-6(7)10(8)16/h3-5H2,1-2H3. The van der Waals surface area contributed by atoms with Crippen LogP contribution in [0.15, 0.2) is 11.1 Å². The van der Waals surface area contributed by atoms with Crippen molar-refractivity contribution in [2.75, 3.05) is 34.2 Å². The average Bonchev–Trinajstić information content (AvgIpc) is 3.19. The first kappa shape index (κ1) is 13.1. The van der Waals surface area contributed by atoms with Gasteiger partial charge in [0.1, 0.15) is 0 Å². The van der Waals surface area contributed by atoms with Crippen molar-refractivity contribution >= 4 is 11.6 Å². The van der Waals surface area contributed by atoms with Crippen LogP contribution in [0.3, 0.4) is 0 Å². The molecule has 0 fully saturated rings. The summed E-state index contributed by atoms with van der Waals surface area (Å²) < 4.78 is 26.7. The van der Waals surface area contributed by atoms with E-state index < -0.39 is 0 Å². The number of methoxy groups -OCH3 is 2. The first-order valence-electron chi connectivity index (χ1n) is 6.65. The highest BCUT2D eigenvalue weighted by Crippen LogP contribution is 2.54. The Hall–Kier alpha value is -2.54. The molecule has 7 heteroatoms. The van der Waals surface area contributed by atoms with E-state index in [9.17, 15) is 9.59 Å². The summed E-state index contributed by atoms with van der Waals surface area (Å²) in [7, 11) is 2.83. The van der Waals surface area contributed by atoms with Crippen LogP contribution in [0.25, 0.3) is 0 Å². The van der Waals surface area contributed by atoms with Crippen molar-refractivity contribution in [1.29, 1.82) is 0 Å². The highest BCUT2D eigenvalue weighted by atomic mass is 16.7. The third-order valence-electron chi connectivity index (χ3n) is 4.00. The molecule has 7 nitrogen and oxygen atoms in total. The Morgan fingerprint density at radius 1 is 0.818 bits per heavy atom. The Bertz CT molecular complexity index is 699. The number of carbonyl (C=O) groups excluding carboxylic acids is 2. The summed E-state index contributed by atoms with van der Waals surface area (Å²) in [5, 5.41) is 0. The fourth-order valence-electron chi connectivity index (χ4n) is 3.03. The molecule has 22 heavy (non-hydrogen) atoms. The number of hydrogen-bond acceptors (Lipinski definition) is 7. The quantitative estimate of drug-likeness (QED) is 0.810. The third kappa shape index (κ3) is 1.43. The highest BCUT2D eigenvalue weighted by Gasteiger charge is 2.44. The van der Waals surface area contributed by atoms with E-state index in [0.29, 0.717) is 11.1 Å². The molecule has 0 aromatic heterocycles. The summed E-state index contributed by atoms with van der Waals surface area (Å²) in [5.41, 5.74) is 1.05. The molecule has 0 radical (unpaired) electrons. The molecule has 0 atom stereocenters. The van der Waals surface area contributed by atoms with Gasteiger partial charge in [0.2, 0.25) is 18.3 Å². The number of fused-ring (bicyclic) bond motifs is 2. The number of rotatable bonds is 2. The van der Waals surface area contributed by atoms with E-state index in [1.54, 1.807) is 0 Å². The summed E-state index contributed by atoms with van der Waals surface area (Å²) in [6.45, 7) is 0.224. The number of carbonyl (C=O) groups is 2. The molecular weight excluding hydrogens is 292 g/mol. The maximum Gasteiger partial charge on any atom is 0.231 e. The minimum Gasteiger partial charge on any atom is -0.492 e. The largest absolute Gasteiger partial charge is 0.492 e. The number of benzene rings is 1. The summed E-state index contributed by atoms with van der Waals surface area (Å²) in [5.74, 6) is 0.357. The van der Waals surface area contributed by atoms with Gasteiger partial charge in [-0.1, -0.05) is 0 Å². The van der Waals surface area contributed by atoms with Crippen molar-refractivity contribution in [3.8, 4) is 23.0 Å². The highest BCUT2D eigenvalue weighted by molar-refractivity contribution is 6.30. The number of ether oxygens (including phenoxy) is 5. The smallest absolute Gasteiger partial charge is 0.231 e. The molecular formula is C15H12O7. The molecule has 114 valence electrons. The Labute approximate surface area is 125 Å². The second-order valence-corrected chi connectivity index (χ2v) is 4.99. The van der Waals surface area contributed by atoms with Crippen LogP contribution >= 0.6 is 0 Å². The molecule has 2 heterocycles. The molecule has 0 unspecified atom stereocenters. The SMILES string of the molecule is COc1c2c(c(OC)c3c1C(=O)C1=C(COC1)C3=O)OCO2. The lowest BCUT2D eigenvalue weighted by atomic mass is 9.83. The third-order valence-corrected chi connectivity index (χ3v) is 4.00. The van der Waals surface area contributed by atoms with Crippen molar-refractivity contribution in [2.24, 2.45) is 0 Å². The monoisotopic (exact) mass is 304 g/mol. The molecule has 3 aliphatic rings. The Balaban J connectivity index is 2.09. The second-order valence-electron chi connectivity index (χ2n) is 4.99. The van der Waals surface area contributed by atoms with Crippen LogP contribution in [-0.4, -0.2) is 45.8 Å². The zero-order valence-electron chi connectivity index (χ0n) is 12.0. The Morgan fingerprint density at radius 3 is 1.68 bits per heavy atom. The van der Waals surface area contributed by atoms with Gasteiger partial charge in [-0.25, -0.2) is 0 Å². The Morgan fingerprint density at radius 2 is 1.27 bits per heavy atom. The fourth-order valence-corrected chi connectivity index (χ4v) is 3.03. The van der Waals surface area contributed by atoms with Gasteiger partial charge in [0, 0.05) is 11.1 Å². The van der Waals surface area contributed by atoms with Gasteiger partial charge >= 0.3 is 0 Å². The van der Waals surface area contributed by atoms with Crippen molar-refractivity contribution in [2.45, 2.75) is 0 Å². The Kier molecular flexibility index (Phi) is 2.67. The van der Waals surface area contributed by atoms with Gasteiger partial charge in [0.15, 0.2) is 23.1 Å². The van der Waals surface area contributed by atoms with E-state index in [0.717, 1.165) is 0 Å². The molecule has 0 bridgehead atoms. The fraction of sp³-hybridized carbons (Fsp3) is 0.333. The van der Waals surface area contributed by atoms with Crippen molar-refractivity contribution in [3.05, 3.63) is 22.3 Å². The maximum absolute atomic E-state index is 12.8. The maximum atomic E-state index is 12.8. The van der Waals surface area contributed by atoms with E-state index in [2.05, 4.69) is 0 Å². The summed E-state index contributed by atoms with van der Waals surface area (Å²) >= 11 is 0. The normalized spacial score (nSPS) is 18.5. The van der Waals surface area contributed by atoms with Gasteiger partial charge in [-0.05, 0) is 0 Å². The zero-order chi connectivity index (χ0) is 15.4. The number of ketones is 2. The average molecular weight is 304 g/mol. The van der Waals surface area contributed by atoms with Crippen LogP contribution in [0.1, 0.15) is 20.7 Å². The molecule has 4 rings (SSSR count). The first-order chi connectivity index (χ1) is 10.7. The van der Waals surface area contributed by atoms with E-state index in [4.69, 9.17) is 23.7 Å². The predicted octanol–water partition coefficient (Wildman–Crippen LogP) is 1.14. The van der Waals surface area contributed by atoms with Gasteiger partial charge in [0.25, 0.3) is 0 Å². The van der Waals surface area contributed by atoms with Gasteiger partial charge < -0.3 is 23.7 Å². The minimum absolute atomic E-state index is 0.0242. The zero-order valence-corrected chi connectivity index (χ0v) is 12.0. The van der Waals surface area contributed by atoms with Gasteiger partial charge in [-0.3, -0.25) is 9.59 Å². The lowest BCUT2D eigenvalue weighted by Gasteiger charge is -2.21. The predicted molar refractivity (Wildman–Crippen MR) is 72.2 cm³/mol. The van der Waals surface area contributed by atoms with Crippen LogP contribution in [0.4, 0.5) is 0 Å². The number of hydrogen-bond donors (Lipinski definition) is 0. The molecule has 1 aromatic carbocycles. The van der Waals surface area contributed by atoms with Gasteiger partial charge in [-0.2, -0.15) is 0 Å². The lowest BCUT2D eigenvalue weighted by molar-refractivity contribution is 0.0971. The summed E-state index contributed by atoms with van der Waals surface area (Å²) in [4.78, 5) is 25.5. The molecule has 0 amide bonds. The van der Waals surface area contributed by atoms with Crippen molar-refractivity contribution in [3.63, 3.8) is 0 Å². The molecule has 0 spiro atoms. The van der Waals surface area contributed by atoms with Gasteiger partial charge in [0.05, 0.1) is 38.6 Å². The van der Waals surface area contributed by atoms with E-state index in [1.165, 1.54) is 14.2 Å². The molecule has 0 saturated carbocycles. The molecule has 0 N–H and O–H groups in total. The molecule has 1 aliphatic carbocycles. The summed E-state index contributed by atoms with van der Waals surface area (Å²) in [6.07, 6.45) is 0. The van der Waals surface area contributed by atoms with E-state index in [-0.39, 0.29) is 65.7 Å².